The topological polar surface area (TPSA) is 23.8 Å². The van der Waals surface area contributed by atoms with E-state index in [-0.39, 0.29) is 5.41 Å². The summed E-state index contributed by atoms with van der Waals surface area (Å²) in [7, 11) is 0. The summed E-state index contributed by atoms with van der Waals surface area (Å²) >= 11 is 0. The molecule has 2 aliphatic carbocycles. The molecule has 0 spiro atoms. The zero-order chi connectivity index (χ0) is 13.7. The molecule has 0 amide bonds. The molecule has 0 N–H and O–H groups in total. The van der Waals surface area contributed by atoms with Gasteiger partial charge in [0.2, 0.25) is 0 Å². The van der Waals surface area contributed by atoms with Crippen molar-refractivity contribution in [3.05, 3.63) is 0 Å². The van der Waals surface area contributed by atoms with E-state index in [9.17, 15) is 5.26 Å². The summed E-state index contributed by atoms with van der Waals surface area (Å²) in [5.41, 5.74) is 0.0256. The second-order valence-electron chi connectivity index (χ2n) is 6.90. The van der Waals surface area contributed by atoms with E-state index in [2.05, 4.69) is 19.9 Å². The van der Waals surface area contributed by atoms with E-state index in [1.807, 2.05) is 0 Å². The van der Waals surface area contributed by atoms with Crippen molar-refractivity contribution in [2.45, 2.75) is 84.5 Å². The van der Waals surface area contributed by atoms with Crippen LogP contribution in [0.25, 0.3) is 0 Å². The number of hydrogen-bond donors (Lipinski definition) is 0. The smallest absolute Gasteiger partial charge is 0.0698 e. The van der Waals surface area contributed by atoms with E-state index in [1.165, 1.54) is 70.6 Å². The van der Waals surface area contributed by atoms with Crippen LogP contribution in [-0.2, 0) is 0 Å². The first-order valence-corrected chi connectivity index (χ1v) is 8.70. The molecular weight excluding hydrogens is 230 g/mol. The van der Waals surface area contributed by atoms with Gasteiger partial charge in [0, 0.05) is 0 Å². The largest absolute Gasteiger partial charge is 0.198 e. The average molecular weight is 261 g/mol. The fourth-order valence-electron chi connectivity index (χ4n) is 5.21. The highest BCUT2D eigenvalue weighted by Crippen LogP contribution is 2.56. The summed E-state index contributed by atoms with van der Waals surface area (Å²) in [5, 5.41) is 10.2. The molecule has 0 aliphatic heterocycles. The van der Waals surface area contributed by atoms with Crippen molar-refractivity contribution in [2.24, 2.45) is 23.2 Å². The highest BCUT2D eigenvalue weighted by atomic mass is 14.6. The van der Waals surface area contributed by atoms with Crippen molar-refractivity contribution in [1.82, 2.24) is 0 Å². The minimum absolute atomic E-state index is 0.0256. The van der Waals surface area contributed by atoms with Crippen LogP contribution in [0.15, 0.2) is 0 Å². The van der Waals surface area contributed by atoms with Crippen molar-refractivity contribution in [3.63, 3.8) is 0 Å². The summed E-state index contributed by atoms with van der Waals surface area (Å²) in [5.74, 6) is 2.06. The van der Waals surface area contributed by atoms with Crippen LogP contribution in [0.2, 0.25) is 0 Å². The maximum atomic E-state index is 10.2. The summed E-state index contributed by atoms with van der Waals surface area (Å²) in [6, 6.07) is 2.94. The van der Waals surface area contributed by atoms with Gasteiger partial charge in [0.1, 0.15) is 0 Å². The first-order valence-electron chi connectivity index (χ1n) is 8.70. The Hall–Kier alpha value is -0.510. The van der Waals surface area contributed by atoms with E-state index in [1.54, 1.807) is 0 Å². The number of nitriles is 1. The zero-order valence-electron chi connectivity index (χ0n) is 13.0. The SMILES string of the molecule is CCCC(CC)C(C#N)(C1CCCC1)C1CCCC1. The van der Waals surface area contributed by atoms with E-state index >= 15 is 0 Å². The molecule has 108 valence electrons. The van der Waals surface area contributed by atoms with Crippen LogP contribution in [0.3, 0.4) is 0 Å². The van der Waals surface area contributed by atoms with Crippen LogP contribution in [-0.4, -0.2) is 0 Å². The van der Waals surface area contributed by atoms with Gasteiger partial charge in [-0.25, -0.2) is 0 Å². The zero-order valence-corrected chi connectivity index (χ0v) is 13.0. The maximum Gasteiger partial charge on any atom is 0.0698 e. The fraction of sp³-hybridized carbons (Fsp3) is 0.944. The number of rotatable bonds is 6. The van der Waals surface area contributed by atoms with Crippen molar-refractivity contribution in [1.29, 1.82) is 5.26 Å². The van der Waals surface area contributed by atoms with Gasteiger partial charge in [-0.3, -0.25) is 0 Å². The predicted octanol–water partition coefficient (Wildman–Crippen LogP) is 5.70. The maximum absolute atomic E-state index is 10.2. The Kier molecular flexibility index (Phi) is 5.31. The Labute approximate surface area is 119 Å². The van der Waals surface area contributed by atoms with Crippen molar-refractivity contribution in [2.75, 3.05) is 0 Å². The first kappa shape index (κ1) is 14.9. The molecule has 1 atom stereocenters. The molecule has 1 nitrogen and oxygen atoms in total. The summed E-state index contributed by atoms with van der Waals surface area (Å²) in [6.07, 6.45) is 14.5. The lowest BCUT2D eigenvalue weighted by atomic mass is 9.57. The van der Waals surface area contributed by atoms with Crippen LogP contribution in [0, 0.1) is 34.5 Å². The molecule has 2 rings (SSSR count). The molecule has 0 aromatic heterocycles. The Bertz CT molecular complexity index is 286. The normalized spacial score (nSPS) is 23.6. The Balaban J connectivity index is 2.30. The summed E-state index contributed by atoms with van der Waals surface area (Å²) in [6.45, 7) is 4.60. The highest BCUT2D eigenvalue weighted by Gasteiger charge is 2.51. The molecule has 0 aromatic rings. The molecule has 2 fully saturated rings. The molecule has 2 aliphatic rings. The molecule has 1 heteroatoms. The Morgan fingerprint density at radius 1 is 1.00 bits per heavy atom. The number of nitrogens with zero attached hydrogens (tertiary/aromatic N) is 1. The quantitative estimate of drug-likeness (QED) is 0.601. The molecule has 2 saturated carbocycles. The van der Waals surface area contributed by atoms with E-state index in [0.717, 1.165) is 0 Å². The van der Waals surface area contributed by atoms with Gasteiger partial charge in [-0.2, -0.15) is 5.26 Å². The van der Waals surface area contributed by atoms with Crippen LogP contribution in [0.1, 0.15) is 84.5 Å². The standard InChI is InChI=1S/C18H31N/c1-3-9-15(4-2)18(14-19,16-10-5-6-11-16)17-12-7-8-13-17/h15-17H,3-13H2,1-2H3. The van der Waals surface area contributed by atoms with Gasteiger partial charge in [-0.1, -0.05) is 52.4 Å². The van der Waals surface area contributed by atoms with E-state index in [0.29, 0.717) is 17.8 Å². The lowest BCUT2D eigenvalue weighted by Gasteiger charge is -2.44. The molecule has 0 saturated heterocycles. The van der Waals surface area contributed by atoms with E-state index in [4.69, 9.17) is 0 Å². The molecule has 0 aromatic carbocycles. The van der Waals surface area contributed by atoms with Gasteiger partial charge < -0.3 is 0 Å². The highest BCUT2D eigenvalue weighted by molar-refractivity contribution is 5.11. The van der Waals surface area contributed by atoms with Gasteiger partial charge in [0.15, 0.2) is 0 Å². The van der Waals surface area contributed by atoms with Crippen LogP contribution in [0.5, 0.6) is 0 Å². The third kappa shape index (κ3) is 2.69. The van der Waals surface area contributed by atoms with Crippen molar-refractivity contribution in [3.8, 4) is 6.07 Å². The summed E-state index contributed by atoms with van der Waals surface area (Å²) in [4.78, 5) is 0. The van der Waals surface area contributed by atoms with Gasteiger partial charge in [-0.15, -0.1) is 0 Å². The lowest BCUT2D eigenvalue weighted by Crippen LogP contribution is -2.41. The Morgan fingerprint density at radius 2 is 1.47 bits per heavy atom. The average Bonchev–Trinajstić information content (AvgIpc) is 3.12. The van der Waals surface area contributed by atoms with Crippen LogP contribution in [0.4, 0.5) is 0 Å². The van der Waals surface area contributed by atoms with Crippen LogP contribution >= 0.6 is 0 Å². The third-order valence-electron chi connectivity index (χ3n) is 6.06. The summed E-state index contributed by atoms with van der Waals surface area (Å²) < 4.78 is 0. The van der Waals surface area contributed by atoms with Crippen molar-refractivity contribution < 1.29 is 0 Å². The fourth-order valence-corrected chi connectivity index (χ4v) is 5.21. The monoisotopic (exact) mass is 261 g/mol. The number of hydrogen-bond acceptors (Lipinski definition) is 1. The van der Waals surface area contributed by atoms with E-state index < -0.39 is 0 Å². The molecule has 0 radical (unpaired) electrons. The minimum atomic E-state index is 0.0256. The molecule has 1 unspecified atom stereocenters. The molecular formula is C18H31N. The van der Waals surface area contributed by atoms with Crippen LogP contribution < -0.4 is 0 Å². The van der Waals surface area contributed by atoms with Crippen molar-refractivity contribution >= 4 is 0 Å². The lowest BCUT2D eigenvalue weighted by molar-refractivity contribution is 0.0559. The van der Waals surface area contributed by atoms with Gasteiger partial charge >= 0.3 is 0 Å². The van der Waals surface area contributed by atoms with Gasteiger partial charge in [0.25, 0.3) is 0 Å². The van der Waals surface area contributed by atoms with Gasteiger partial charge in [0.05, 0.1) is 11.5 Å². The predicted molar refractivity (Wildman–Crippen MR) is 80.7 cm³/mol. The molecule has 19 heavy (non-hydrogen) atoms. The Morgan fingerprint density at radius 3 is 1.79 bits per heavy atom. The second kappa shape index (κ2) is 6.78. The molecule has 0 bridgehead atoms. The molecule has 0 heterocycles. The third-order valence-corrected chi connectivity index (χ3v) is 6.06. The van der Waals surface area contributed by atoms with Gasteiger partial charge in [-0.05, 0) is 49.9 Å². The second-order valence-corrected chi connectivity index (χ2v) is 6.90. The minimum Gasteiger partial charge on any atom is -0.198 e. The first-order chi connectivity index (χ1) is 9.29.